The normalized spacial score (nSPS) is 17.9. The molecular weight excluding hydrogens is 222 g/mol. The van der Waals surface area contributed by atoms with Crippen LogP contribution in [0.15, 0.2) is 0 Å². The molecule has 1 atom stereocenters. The topological polar surface area (TPSA) is 75.6 Å². The zero-order valence-corrected chi connectivity index (χ0v) is 10.3. The fourth-order valence-electron chi connectivity index (χ4n) is 2.21. The van der Waals surface area contributed by atoms with Crippen LogP contribution in [-0.2, 0) is 14.3 Å². The van der Waals surface area contributed by atoms with Gasteiger partial charge >= 0.3 is 5.97 Å². The van der Waals surface area contributed by atoms with Gasteiger partial charge in [-0.2, -0.15) is 0 Å². The van der Waals surface area contributed by atoms with Gasteiger partial charge in [-0.1, -0.05) is 12.8 Å². The third-order valence-corrected chi connectivity index (χ3v) is 3.21. The maximum atomic E-state index is 11.6. The third-order valence-electron chi connectivity index (χ3n) is 3.21. The number of rotatable bonds is 7. The molecule has 0 saturated heterocycles. The van der Waals surface area contributed by atoms with Crippen molar-refractivity contribution in [3.63, 3.8) is 0 Å². The van der Waals surface area contributed by atoms with Crippen LogP contribution in [0.2, 0.25) is 0 Å². The van der Waals surface area contributed by atoms with E-state index < -0.39 is 12.1 Å². The second-order valence-corrected chi connectivity index (χ2v) is 4.61. The molecule has 0 aliphatic heterocycles. The zero-order chi connectivity index (χ0) is 12.7. The molecule has 0 heterocycles. The number of amides is 1. The first-order valence-corrected chi connectivity index (χ1v) is 6.13. The molecule has 0 radical (unpaired) electrons. The summed E-state index contributed by atoms with van der Waals surface area (Å²) in [6, 6.07) is 0. The summed E-state index contributed by atoms with van der Waals surface area (Å²) in [5.74, 6) is -0.401. The van der Waals surface area contributed by atoms with Gasteiger partial charge in [0.2, 0.25) is 5.91 Å². The molecule has 1 unspecified atom stereocenters. The van der Waals surface area contributed by atoms with Crippen molar-refractivity contribution < 1.29 is 19.4 Å². The predicted molar refractivity (Wildman–Crippen MR) is 62.6 cm³/mol. The molecule has 1 fully saturated rings. The molecule has 1 amide bonds. The molecular formula is C12H21NO4. The van der Waals surface area contributed by atoms with Crippen molar-refractivity contribution in [2.75, 3.05) is 13.7 Å². The Kier molecular flexibility index (Phi) is 5.97. The van der Waals surface area contributed by atoms with E-state index in [2.05, 4.69) is 5.32 Å². The summed E-state index contributed by atoms with van der Waals surface area (Å²) < 4.78 is 4.99. The van der Waals surface area contributed by atoms with Crippen LogP contribution < -0.4 is 5.32 Å². The lowest BCUT2D eigenvalue weighted by Crippen LogP contribution is -2.35. The van der Waals surface area contributed by atoms with Gasteiger partial charge in [0.15, 0.2) is 0 Å². The fraction of sp³-hybridized carbons (Fsp3) is 0.833. The number of methoxy groups -OCH3 is 1. The lowest BCUT2D eigenvalue weighted by atomic mass is 10.0. The van der Waals surface area contributed by atoms with Gasteiger partial charge in [-0.15, -0.1) is 0 Å². The Hall–Kier alpha value is -1.10. The number of ether oxygens (including phenoxy) is 1. The molecule has 98 valence electrons. The van der Waals surface area contributed by atoms with Gasteiger partial charge in [0.05, 0.1) is 12.5 Å². The Balaban J connectivity index is 2.18. The van der Waals surface area contributed by atoms with E-state index in [9.17, 15) is 9.59 Å². The first-order chi connectivity index (χ1) is 8.11. The molecule has 5 nitrogen and oxygen atoms in total. The Morgan fingerprint density at radius 2 is 2.06 bits per heavy atom. The summed E-state index contributed by atoms with van der Waals surface area (Å²) in [4.78, 5) is 22.1. The van der Waals surface area contributed by atoms with Crippen LogP contribution in [-0.4, -0.2) is 36.7 Å². The maximum absolute atomic E-state index is 11.6. The Bertz CT molecular complexity index is 261. The van der Waals surface area contributed by atoms with Crippen LogP contribution in [0.3, 0.4) is 0 Å². The van der Waals surface area contributed by atoms with Crippen LogP contribution >= 0.6 is 0 Å². The van der Waals surface area contributed by atoms with Crippen LogP contribution in [0.1, 0.15) is 38.5 Å². The van der Waals surface area contributed by atoms with E-state index in [0.717, 1.165) is 12.8 Å². The van der Waals surface area contributed by atoms with Crippen LogP contribution in [0.5, 0.6) is 0 Å². The number of aliphatic carboxylic acids is 1. The van der Waals surface area contributed by atoms with Crippen molar-refractivity contribution in [1.82, 2.24) is 5.32 Å². The van der Waals surface area contributed by atoms with Crippen LogP contribution in [0.25, 0.3) is 0 Å². The van der Waals surface area contributed by atoms with Gasteiger partial charge in [-0.25, -0.2) is 0 Å². The molecule has 17 heavy (non-hydrogen) atoms. The SMILES string of the molecule is COC(CNC(=O)CC1CCCC1)CC(=O)O. The number of hydrogen-bond donors (Lipinski definition) is 2. The summed E-state index contributed by atoms with van der Waals surface area (Å²) in [6.07, 6.45) is 4.74. The van der Waals surface area contributed by atoms with E-state index in [-0.39, 0.29) is 18.9 Å². The first kappa shape index (κ1) is 14.0. The molecule has 0 bridgehead atoms. The monoisotopic (exact) mass is 243 g/mol. The first-order valence-electron chi connectivity index (χ1n) is 6.13. The summed E-state index contributed by atoms with van der Waals surface area (Å²) in [6.45, 7) is 0.272. The minimum Gasteiger partial charge on any atom is -0.481 e. The van der Waals surface area contributed by atoms with Gasteiger partial charge in [0.25, 0.3) is 0 Å². The molecule has 0 aromatic heterocycles. The number of hydrogen-bond acceptors (Lipinski definition) is 3. The van der Waals surface area contributed by atoms with E-state index >= 15 is 0 Å². The molecule has 2 N–H and O–H groups in total. The second-order valence-electron chi connectivity index (χ2n) is 4.61. The second kappa shape index (κ2) is 7.27. The van der Waals surface area contributed by atoms with E-state index in [1.807, 2.05) is 0 Å². The molecule has 0 spiro atoms. The number of carboxylic acid groups (broad SMARTS) is 1. The predicted octanol–water partition coefficient (Wildman–Crippen LogP) is 1.17. The maximum Gasteiger partial charge on any atom is 0.306 e. The number of carboxylic acids is 1. The highest BCUT2D eigenvalue weighted by molar-refractivity contribution is 5.76. The summed E-state index contributed by atoms with van der Waals surface area (Å²) in [7, 11) is 1.46. The smallest absolute Gasteiger partial charge is 0.306 e. The largest absolute Gasteiger partial charge is 0.481 e. The van der Waals surface area contributed by atoms with Crippen LogP contribution in [0.4, 0.5) is 0 Å². The number of carbonyl (C=O) groups excluding carboxylic acids is 1. The van der Waals surface area contributed by atoms with Crippen molar-refractivity contribution in [3.05, 3.63) is 0 Å². The summed E-state index contributed by atoms with van der Waals surface area (Å²) in [5, 5.41) is 11.4. The average molecular weight is 243 g/mol. The standard InChI is InChI=1S/C12H21NO4/c1-17-10(7-12(15)16)8-13-11(14)6-9-4-2-3-5-9/h9-10H,2-8H2,1H3,(H,13,14)(H,15,16). The van der Waals surface area contributed by atoms with E-state index in [1.165, 1.54) is 20.0 Å². The van der Waals surface area contributed by atoms with Gasteiger partial charge in [-0.05, 0) is 18.8 Å². The number of nitrogens with one attached hydrogen (secondary N) is 1. The highest BCUT2D eigenvalue weighted by atomic mass is 16.5. The highest BCUT2D eigenvalue weighted by Crippen LogP contribution is 2.27. The van der Waals surface area contributed by atoms with Gasteiger partial charge in [-0.3, -0.25) is 9.59 Å². The summed E-state index contributed by atoms with van der Waals surface area (Å²) >= 11 is 0. The molecule has 1 rings (SSSR count). The zero-order valence-electron chi connectivity index (χ0n) is 10.3. The fourth-order valence-corrected chi connectivity index (χ4v) is 2.21. The lowest BCUT2D eigenvalue weighted by molar-refractivity contribution is -0.140. The van der Waals surface area contributed by atoms with Crippen LogP contribution in [0, 0.1) is 5.92 Å². The quantitative estimate of drug-likeness (QED) is 0.704. The minimum atomic E-state index is -0.915. The molecule has 1 saturated carbocycles. The van der Waals surface area contributed by atoms with Crippen molar-refractivity contribution in [1.29, 1.82) is 0 Å². The molecule has 1 aliphatic rings. The van der Waals surface area contributed by atoms with Crippen molar-refractivity contribution >= 4 is 11.9 Å². The van der Waals surface area contributed by atoms with E-state index in [4.69, 9.17) is 9.84 Å². The Morgan fingerprint density at radius 1 is 1.41 bits per heavy atom. The van der Waals surface area contributed by atoms with E-state index in [1.54, 1.807) is 0 Å². The molecule has 0 aromatic rings. The Labute approximate surface area is 102 Å². The van der Waals surface area contributed by atoms with E-state index in [0.29, 0.717) is 12.3 Å². The average Bonchev–Trinajstić information content (AvgIpc) is 2.76. The van der Waals surface area contributed by atoms with Gasteiger partial charge < -0.3 is 15.2 Å². The molecule has 1 aliphatic carbocycles. The van der Waals surface area contributed by atoms with Crippen molar-refractivity contribution in [3.8, 4) is 0 Å². The number of carbonyl (C=O) groups is 2. The minimum absolute atomic E-state index is 0.00402. The molecule has 0 aromatic carbocycles. The highest BCUT2D eigenvalue weighted by Gasteiger charge is 2.19. The van der Waals surface area contributed by atoms with Crippen molar-refractivity contribution in [2.45, 2.75) is 44.6 Å². The summed E-state index contributed by atoms with van der Waals surface area (Å²) in [5.41, 5.74) is 0. The van der Waals surface area contributed by atoms with Crippen molar-refractivity contribution in [2.24, 2.45) is 5.92 Å². The lowest BCUT2D eigenvalue weighted by Gasteiger charge is -2.15. The Morgan fingerprint density at radius 3 is 2.59 bits per heavy atom. The van der Waals surface area contributed by atoms with Gasteiger partial charge in [0, 0.05) is 20.1 Å². The third kappa shape index (κ3) is 5.68. The molecule has 5 heteroatoms. The van der Waals surface area contributed by atoms with Gasteiger partial charge in [0.1, 0.15) is 0 Å².